The van der Waals surface area contributed by atoms with Crippen LogP contribution in [-0.2, 0) is 9.84 Å². The maximum Gasteiger partial charge on any atom is 0.160 e. The van der Waals surface area contributed by atoms with Gasteiger partial charge in [-0.1, -0.05) is 56.2 Å². The zero-order chi connectivity index (χ0) is 26.5. The van der Waals surface area contributed by atoms with Gasteiger partial charge in [0.25, 0.3) is 0 Å². The van der Waals surface area contributed by atoms with Crippen molar-refractivity contribution in [1.82, 2.24) is 0 Å². The number of fused-ring (bicyclic) bond motifs is 1. The monoisotopic (exact) mass is 516 g/mol. The molecule has 0 unspecified atom stereocenters. The number of allylic oxidation sites excluding steroid dienone is 5. The molecule has 2 N–H and O–H groups in total. The standard InChI is InChI=1S/C31H48O4S/c1-21(14-18-31(16-8-17-31)36(34,35)29(3,4)5)26-12-13-27-23(9-7-15-30(26,27)6)10-11-24-19-25(32)20-28(33)22(24)2/h10-12,21,25,27-28,32-33H,2,7-9,13-20H2,1,3-6H3/b23-10+,24-11-/t21-,25+,27+,28-,30-/m1/s1. The summed E-state index contributed by atoms with van der Waals surface area (Å²) in [5.74, 6) is 0.858. The predicted octanol–water partition coefficient (Wildman–Crippen LogP) is 6.60. The maximum atomic E-state index is 13.4. The van der Waals surface area contributed by atoms with Crippen molar-refractivity contribution in [3.05, 3.63) is 47.1 Å². The molecule has 5 atom stereocenters. The van der Waals surface area contributed by atoms with E-state index >= 15 is 0 Å². The van der Waals surface area contributed by atoms with E-state index in [1.54, 1.807) is 0 Å². The lowest BCUT2D eigenvalue weighted by atomic mass is 9.62. The van der Waals surface area contributed by atoms with E-state index in [4.69, 9.17) is 0 Å². The third kappa shape index (κ3) is 4.73. The first-order valence-corrected chi connectivity index (χ1v) is 15.6. The van der Waals surface area contributed by atoms with Gasteiger partial charge in [0.15, 0.2) is 9.84 Å². The first-order chi connectivity index (χ1) is 16.7. The minimum atomic E-state index is -3.18. The molecule has 202 valence electrons. The van der Waals surface area contributed by atoms with Gasteiger partial charge >= 0.3 is 0 Å². The average Bonchev–Trinajstić information content (AvgIpc) is 3.11. The van der Waals surface area contributed by atoms with Gasteiger partial charge in [0.2, 0.25) is 0 Å². The van der Waals surface area contributed by atoms with Crippen LogP contribution >= 0.6 is 0 Å². The smallest absolute Gasteiger partial charge is 0.160 e. The first-order valence-electron chi connectivity index (χ1n) is 14.1. The van der Waals surface area contributed by atoms with Crippen LogP contribution in [0, 0.1) is 17.3 Å². The van der Waals surface area contributed by atoms with E-state index in [9.17, 15) is 18.6 Å². The summed E-state index contributed by atoms with van der Waals surface area (Å²) in [5, 5.41) is 20.3. The van der Waals surface area contributed by atoms with Gasteiger partial charge in [-0.05, 0) is 107 Å². The van der Waals surface area contributed by atoms with Crippen LogP contribution < -0.4 is 0 Å². The summed E-state index contributed by atoms with van der Waals surface area (Å²) < 4.78 is 25.6. The molecule has 5 heteroatoms. The Balaban J connectivity index is 1.48. The van der Waals surface area contributed by atoms with Crippen molar-refractivity contribution in [2.75, 3.05) is 0 Å². The zero-order valence-corrected chi connectivity index (χ0v) is 24.0. The molecule has 4 aliphatic carbocycles. The highest BCUT2D eigenvalue weighted by Crippen LogP contribution is 2.58. The quantitative estimate of drug-likeness (QED) is 0.390. The molecule has 0 radical (unpaired) electrons. The van der Waals surface area contributed by atoms with Gasteiger partial charge in [0.05, 0.1) is 21.7 Å². The molecule has 4 rings (SSSR count). The van der Waals surface area contributed by atoms with Crippen LogP contribution in [-0.4, -0.2) is 40.3 Å². The molecule has 0 heterocycles. The van der Waals surface area contributed by atoms with E-state index in [0.717, 1.165) is 62.5 Å². The number of aliphatic hydroxyl groups is 2. The van der Waals surface area contributed by atoms with E-state index in [-0.39, 0.29) is 5.41 Å². The highest BCUT2D eigenvalue weighted by atomic mass is 32.2. The Morgan fingerprint density at radius 2 is 1.86 bits per heavy atom. The van der Waals surface area contributed by atoms with Gasteiger partial charge < -0.3 is 10.2 Å². The molecule has 0 saturated heterocycles. The molecular formula is C31H48O4S. The van der Waals surface area contributed by atoms with Crippen molar-refractivity contribution in [3.63, 3.8) is 0 Å². The maximum absolute atomic E-state index is 13.4. The third-order valence-corrected chi connectivity index (χ3v) is 13.4. The summed E-state index contributed by atoms with van der Waals surface area (Å²) in [6.45, 7) is 14.4. The molecule has 0 aromatic carbocycles. The van der Waals surface area contributed by atoms with Crippen molar-refractivity contribution in [3.8, 4) is 0 Å². The summed E-state index contributed by atoms with van der Waals surface area (Å²) in [6, 6.07) is 0. The van der Waals surface area contributed by atoms with Crippen molar-refractivity contribution in [2.24, 2.45) is 17.3 Å². The van der Waals surface area contributed by atoms with Gasteiger partial charge in [-0.25, -0.2) is 8.42 Å². The summed E-state index contributed by atoms with van der Waals surface area (Å²) >= 11 is 0. The summed E-state index contributed by atoms with van der Waals surface area (Å²) in [5.41, 5.74) is 4.82. The topological polar surface area (TPSA) is 74.6 Å². The van der Waals surface area contributed by atoms with Crippen LogP contribution in [0.2, 0.25) is 0 Å². The number of aliphatic hydroxyl groups excluding tert-OH is 2. The molecule has 4 nitrogen and oxygen atoms in total. The SMILES string of the molecule is C=C1/C(=C\C=C2/CCC[C@]3(C)C([C@H](C)CCC4(S(=O)(=O)C(C)(C)C)CCC4)=CC[C@@H]23)C[C@H](O)C[C@H]1O. The van der Waals surface area contributed by atoms with Crippen molar-refractivity contribution in [2.45, 2.75) is 127 Å². The molecule has 0 aromatic rings. The van der Waals surface area contributed by atoms with Gasteiger partial charge in [-0.3, -0.25) is 0 Å². The highest BCUT2D eigenvalue weighted by Gasteiger charge is 2.53. The van der Waals surface area contributed by atoms with Gasteiger partial charge in [-0.2, -0.15) is 0 Å². The molecule has 0 bridgehead atoms. The number of hydrogen-bond acceptors (Lipinski definition) is 4. The number of sulfone groups is 1. The fourth-order valence-electron chi connectivity index (χ4n) is 7.59. The molecule has 3 fully saturated rings. The molecule has 0 spiro atoms. The van der Waals surface area contributed by atoms with Gasteiger partial charge in [0.1, 0.15) is 0 Å². The molecular weight excluding hydrogens is 468 g/mol. The van der Waals surface area contributed by atoms with Crippen LogP contribution in [0.1, 0.15) is 105 Å². The van der Waals surface area contributed by atoms with E-state index in [1.807, 2.05) is 20.8 Å². The minimum Gasteiger partial charge on any atom is -0.393 e. The summed E-state index contributed by atoms with van der Waals surface area (Å²) in [6.07, 6.45) is 15.4. The third-order valence-electron chi connectivity index (χ3n) is 10.1. The lowest BCUT2D eigenvalue weighted by Gasteiger charge is -2.46. The lowest BCUT2D eigenvalue weighted by Crippen LogP contribution is -2.52. The largest absolute Gasteiger partial charge is 0.393 e. The second kappa shape index (κ2) is 9.85. The Kier molecular flexibility index (Phi) is 7.62. The zero-order valence-electron chi connectivity index (χ0n) is 23.1. The first kappa shape index (κ1) is 27.9. The van der Waals surface area contributed by atoms with E-state index in [0.29, 0.717) is 24.7 Å². The summed E-state index contributed by atoms with van der Waals surface area (Å²) in [4.78, 5) is 0. The highest BCUT2D eigenvalue weighted by molar-refractivity contribution is 7.94. The molecule has 0 aliphatic heterocycles. The van der Waals surface area contributed by atoms with E-state index in [1.165, 1.54) is 17.6 Å². The van der Waals surface area contributed by atoms with Crippen LogP contribution in [0.25, 0.3) is 0 Å². The molecule has 36 heavy (non-hydrogen) atoms. The van der Waals surface area contributed by atoms with Gasteiger partial charge in [-0.15, -0.1) is 0 Å². The fourth-order valence-corrected chi connectivity index (χ4v) is 10.1. The Morgan fingerprint density at radius 3 is 2.47 bits per heavy atom. The molecule has 3 saturated carbocycles. The predicted molar refractivity (Wildman–Crippen MR) is 148 cm³/mol. The van der Waals surface area contributed by atoms with Crippen molar-refractivity contribution < 1.29 is 18.6 Å². The Hall–Kier alpha value is -1.17. The average molecular weight is 517 g/mol. The molecule has 0 amide bonds. The van der Waals surface area contributed by atoms with Crippen molar-refractivity contribution >= 4 is 9.84 Å². The second-order valence-electron chi connectivity index (χ2n) is 13.4. The Morgan fingerprint density at radius 1 is 1.17 bits per heavy atom. The second-order valence-corrected chi connectivity index (χ2v) is 16.5. The number of rotatable bonds is 6. The number of hydrogen-bond donors (Lipinski definition) is 2. The van der Waals surface area contributed by atoms with Crippen molar-refractivity contribution in [1.29, 1.82) is 0 Å². The molecule has 4 aliphatic rings. The van der Waals surface area contributed by atoms with Crippen LogP contribution in [0.3, 0.4) is 0 Å². The fraction of sp³-hybridized carbons (Fsp3) is 0.742. The van der Waals surface area contributed by atoms with Gasteiger partial charge in [0, 0.05) is 6.42 Å². The summed E-state index contributed by atoms with van der Waals surface area (Å²) in [7, 11) is -3.18. The van der Waals surface area contributed by atoms with Crippen LogP contribution in [0.4, 0.5) is 0 Å². The lowest BCUT2D eigenvalue weighted by molar-refractivity contribution is 0.0862. The Labute approximate surface area is 219 Å². The van der Waals surface area contributed by atoms with E-state index in [2.05, 4.69) is 38.7 Å². The van der Waals surface area contributed by atoms with Crippen LogP contribution in [0.15, 0.2) is 47.1 Å². The Bertz CT molecular complexity index is 1070. The normalized spacial score (nSPS) is 35.9. The van der Waals surface area contributed by atoms with Crippen LogP contribution in [0.5, 0.6) is 0 Å². The molecule has 0 aromatic heterocycles. The minimum absolute atomic E-state index is 0.125. The van der Waals surface area contributed by atoms with E-state index < -0.39 is 31.5 Å².